The number of aromatic hydroxyl groups is 2. The van der Waals surface area contributed by atoms with E-state index in [-0.39, 0.29) is 17.9 Å². The molecular formula is C24H23N3O5. The fourth-order valence-corrected chi connectivity index (χ4v) is 2.87. The predicted octanol–water partition coefficient (Wildman–Crippen LogP) is 2.60. The Balaban J connectivity index is 1.72. The van der Waals surface area contributed by atoms with Gasteiger partial charge in [-0.3, -0.25) is 9.59 Å². The highest BCUT2D eigenvalue weighted by atomic mass is 16.5. The van der Waals surface area contributed by atoms with E-state index < -0.39 is 17.9 Å². The maximum Gasteiger partial charge on any atom is 0.262 e. The summed E-state index contributed by atoms with van der Waals surface area (Å²) >= 11 is 0. The van der Waals surface area contributed by atoms with E-state index in [1.54, 1.807) is 48.5 Å². The number of hydrazone groups is 1. The molecule has 0 heterocycles. The van der Waals surface area contributed by atoms with Crippen molar-refractivity contribution in [2.75, 3.05) is 7.11 Å². The van der Waals surface area contributed by atoms with Gasteiger partial charge in [0.1, 0.15) is 23.3 Å². The molecule has 0 saturated carbocycles. The first-order chi connectivity index (χ1) is 15.4. The van der Waals surface area contributed by atoms with E-state index in [4.69, 9.17) is 4.74 Å². The first kappa shape index (κ1) is 22.4. The Kier molecular flexibility index (Phi) is 7.42. The van der Waals surface area contributed by atoms with Crippen LogP contribution in [0.25, 0.3) is 0 Å². The summed E-state index contributed by atoms with van der Waals surface area (Å²) in [6.07, 6.45) is 1.63. The van der Waals surface area contributed by atoms with Gasteiger partial charge >= 0.3 is 0 Å². The standard InChI is InChI=1S/C24H23N3O5/c1-32-21-12-6-18(7-13-21)23(30)26-22(14-16-2-8-19(28)9-3-16)24(31)27-25-15-17-4-10-20(29)11-5-17/h2-13,15,22,28-29H,14H2,1H3,(H,26,30)(H,27,31)/b25-15+/t22-/m0/s1. The van der Waals surface area contributed by atoms with Gasteiger partial charge in [0.15, 0.2) is 0 Å². The maximum atomic E-state index is 12.8. The van der Waals surface area contributed by atoms with Crippen LogP contribution < -0.4 is 15.5 Å². The van der Waals surface area contributed by atoms with Crippen LogP contribution in [0.2, 0.25) is 0 Å². The summed E-state index contributed by atoms with van der Waals surface area (Å²) < 4.78 is 5.10. The van der Waals surface area contributed by atoms with Gasteiger partial charge in [0.2, 0.25) is 0 Å². The molecule has 164 valence electrons. The van der Waals surface area contributed by atoms with Crippen molar-refractivity contribution in [1.82, 2.24) is 10.7 Å². The highest BCUT2D eigenvalue weighted by Crippen LogP contribution is 2.14. The van der Waals surface area contributed by atoms with E-state index >= 15 is 0 Å². The topological polar surface area (TPSA) is 120 Å². The third-order valence-corrected chi connectivity index (χ3v) is 4.63. The molecule has 0 aliphatic rings. The lowest BCUT2D eigenvalue weighted by Crippen LogP contribution is -2.46. The van der Waals surface area contributed by atoms with Crippen LogP contribution in [-0.2, 0) is 11.2 Å². The Bertz CT molecular complexity index is 1080. The molecule has 3 aromatic rings. The van der Waals surface area contributed by atoms with Crippen LogP contribution in [0.4, 0.5) is 0 Å². The van der Waals surface area contributed by atoms with E-state index in [0.29, 0.717) is 16.9 Å². The molecule has 0 bridgehead atoms. The third kappa shape index (κ3) is 6.33. The summed E-state index contributed by atoms with van der Waals surface area (Å²) in [7, 11) is 1.53. The molecule has 3 rings (SSSR count). The Morgan fingerprint density at radius 2 is 1.53 bits per heavy atom. The number of carbonyl (C=O) groups excluding carboxylic acids is 2. The van der Waals surface area contributed by atoms with E-state index in [1.807, 2.05) is 0 Å². The van der Waals surface area contributed by atoms with Crippen molar-refractivity contribution >= 4 is 18.0 Å². The number of amides is 2. The number of phenolic OH excluding ortho intramolecular Hbond substituents is 2. The van der Waals surface area contributed by atoms with Crippen molar-refractivity contribution < 1.29 is 24.5 Å². The average molecular weight is 433 g/mol. The lowest BCUT2D eigenvalue weighted by molar-refractivity contribution is -0.122. The van der Waals surface area contributed by atoms with E-state index in [9.17, 15) is 19.8 Å². The SMILES string of the molecule is COc1ccc(C(=O)N[C@@H](Cc2ccc(O)cc2)C(=O)N/N=C/c2ccc(O)cc2)cc1. The Morgan fingerprint density at radius 3 is 2.12 bits per heavy atom. The Morgan fingerprint density at radius 1 is 0.938 bits per heavy atom. The van der Waals surface area contributed by atoms with Crippen LogP contribution >= 0.6 is 0 Å². The normalized spacial score (nSPS) is 11.7. The van der Waals surface area contributed by atoms with Crippen molar-refractivity contribution in [2.24, 2.45) is 5.10 Å². The number of hydrogen-bond donors (Lipinski definition) is 4. The van der Waals surface area contributed by atoms with E-state index in [0.717, 1.165) is 5.56 Å². The Labute approximate surface area is 185 Å². The number of benzene rings is 3. The van der Waals surface area contributed by atoms with Gasteiger partial charge in [-0.1, -0.05) is 12.1 Å². The summed E-state index contributed by atoms with van der Waals surface area (Å²) in [5, 5.41) is 25.5. The number of phenols is 2. The predicted molar refractivity (Wildman–Crippen MR) is 120 cm³/mol. The zero-order valence-corrected chi connectivity index (χ0v) is 17.4. The summed E-state index contributed by atoms with van der Waals surface area (Å²) in [6.45, 7) is 0. The van der Waals surface area contributed by atoms with Crippen molar-refractivity contribution in [2.45, 2.75) is 12.5 Å². The lowest BCUT2D eigenvalue weighted by atomic mass is 10.0. The molecule has 0 unspecified atom stereocenters. The second-order valence-corrected chi connectivity index (χ2v) is 6.95. The molecule has 0 spiro atoms. The van der Waals surface area contributed by atoms with Crippen molar-refractivity contribution in [3.8, 4) is 17.2 Å². The van der Waals surface area contributed by atoms with Gasteiger partial charge in [-0.05, 0) is 71.8 Å². The van der Waals surface area contributed by atoms with Crippen molar-refractivity contribution in [3.05, 3.63) is 89.5 Å². The lowest BCUT2D eigenvalue weighted by Gasteiger charge is -2.17. The van der Waals surface area contributed by atoms with Crippen molar-refractivity contribution in [1.29, 1.82) is 0 Å². The summed E-state index contributed by atoms with van der Waals surface area (Å²) in [5.41, 5.74) is 4.24. The van der Waals surface area contributed by atoms with Crippen LogP contribution in [-0.4, -0.2) is 41.4 Å². The quantitative estimate of drug-likeness (QED) is 0.322. The molecule has 0 saturated heterocycles. The van der Waals surface area contributed by atoms with Crippen LogP contribution in [0, 0.1) is 0 Å². The molecule has 8 heteroatoms. The maximum absolute atomic E-state index is 12.8. The highest BCUT2D eigenvalue weighted by molar-refractivity contribution is 5.97. The number of methoxy groups -OCH3 is 1. The number of rotatable bonds is 8. The van der Waals surface area contributed by atoms with E-state index in [2.05, 4.69) is 15.8 Å². The summed E-state index contributed by atoms with van der Waals surface area (Å²) in [4.78, 5) is 25.5. The van der Waals surface area contributed by atoms with Gasteiger partial charge in [-0.2, -0.15) is 5.10 Å². The summed E-state index contributed by atoms with van der Waals surface area (Å²) in [5.74, 6) is -0.0792. The molecule has 0 aliphatic heterocycles. The largest absolute Gasteiger partial charge is 0.508 e. The zero-order chi connectivity index (χ0) is 22.9. The van der Waals surface area contributed by atoms with Crippen molar-refractivity contribution in [3.63, 3.8) is 0 Å². The van der Waals surface area contributed by atoms with Crippen LogP contribution in [0.1, 0.15) is 21.5 Å². The van der Waals surface area contributed by atoms with E-state index in [1.165, 1.54) is 37.6 Å². The molecule has 2 amide bonds. The second kappa shape index (κ2) is 10.6. The van der Waals surface area contributed by atoms with Gasteiger partial charge in [0, 0.05) is 12.0 Å². The smallest absolute Gasteiger partial charge is 0.262 e. The summed E-state index contributed by atoms with van der Waals surface area (Å²) in [6, 6.07) is 18.3. The van der Waals surface area contributed by atoms with Gasteiger partial charge < -0.3 is 20.3 Å². The Hall–Kier alpha value is -4.33. The molecular weight excluding hydrogens is 410 g/mol. The third-order valence-electron chi connectivity index (χ3n) is 4.63. The molecule has 8 nitrogen and oxygen atoms in total. The zero-order valence-electron chi connectivity index (χ0n) is 17.4. The molecule has 0 aromatic heterocycles. The first-order valence-electron chi connectivity index (χ1n) is 9.79. The first-order valence-corrected chi connectivity index (χ1v) is 9.79. The van der Waals surface area contributed by atoms with Crippen LogP contribution in [0.15, 0.2) is 77.9 Å². The highest BCUT2D eigenvalue weighted by Gasteiger charge is 2.22. The van der Waals surface area contributed by atoms with Gasteiger partial charge in [-0.15, -0.1) is 0 Å². The fourth-order valence-electron chi connectivity index (χ4n) is 2.87. The number of carbonyl (C=O) groups is 2. The van der Waals surface area contributed by atoms with Gasteiger partial charge in [0.25, 0.3) is 11.8 Å². The van der Waals surface area contributed by atoms with Gasteiger partial charge in [-0.25, -0.2) is 5.43 Å². The molecule has 0 fully saturated rings. The van der Waals surface area contributed by atoms with Gasteiger partial charge in [0.05, 0.1) is 13.3 Å². The van der Waals surface area contributed by atoms with Crippen LogP contribution in [0.3, 0.4) is 0 Å². The number of ether oxygens (including phenoxy) is 1. The molecule has 1 atom stereocenters. The van der Waals surface area contributed by atoms with Crippen LogP contribution in [0.5, 0.6) is 17.2 Å². The number of nitrogens with zero attached hydrogens (tertiary/aromatic N) is 1. The minimum Gasteiger partial charge on any atom is -0.508 e. The monoisotopic (exact) mass is 433 g/mol. The second-order valence-electron chi connectivity index (χ2n) is 6.95. The average Bonchev–Trinajstić information content (AvgIpc) is 2.81. The minimum atomic E-state index is -0.911. The fraction of sp³-hybridized carbons (Fsp3) is 0.125. The minimum absolute atomic E-state index is 0.107. The number of nitrogens with one attached hydrogen (secondary N) is 2. The molecule has 32 heavy (non-hydrogen) atoms. The molecule has 3 aromatic carbocycles. The molecule has 0 aliphatic carbocycles. The molecule has 0 radical (unpaired) electrons. The number of hydrogen-bond acceptors (Lipinski definition) is 6. The molecule has 4 N–H and O–H groups in total.